The highest BCUT2D eigenvalue weighted by Crippen LogP contribution is 2.12. The Kier molecular flexibility index (Phi) is 3.40. The molecule has 0 radical (unpaired) electrons. The Balaban J connectivity index is 2.10. The van der Waals surface area contributed by atoms with Crippen LogP contribution >= 0.6 is 0 Å². The molecule has 1 aliphatic heterocycles. The lowest BCUT2D eigenvalue weighted by Gasteiger charge is -2.22. The van der Waals surface area contributed by atoms with E-state index in [0.717, 1.165) is 25.1 Å². The first-order valence-corrected chi connectivity index (χ1v) is 5.78. The zero-order valence-corrected chi connectivity index (χ0v) is 9.60. The molecular weight excluding hydrogens is 198 g/mol. The number of benzene rings is 1. The van der Waals surface area contributed by atoms with Gasteiger partial charge in [-0.15, -0.1) is 0 Å². The van der Waals surface area contributed by atoms with Crippen LogP contribution in [0.4, 0.5) is 0 Å². The Hall–Kier alpha value is -1.57. The molecule has 0 spiro atoms. The van der Waals surface area contributed by atoms with E-state index in [1.807, 2.05) is 35.2 Å². The van der Waals surface area contributed by atoms with Gasteiger partial charge >= 0.3 is 0 Å². The molecule has 2 rings (SSSR count). The summed E-state index contributed by atoms with van der Waals surface area (Å²) in [6, 6.07) is 9.51. The van der Waals surface area contributed by atoms with Gasteiger partial charge in [0.05, 0.1) is 0 Å². The summed E-state index contributed by atoms with van der Waals surface area (Å²) >= 11 is 0. The van der Waals surface area contributed by atoms with Gasteiger partial charge in [0.2, 0.25) is 0 Å². The minimum atomic E-state index is 0.149. The summed E-state index contributed by atoms with van der Waals surface area (Å²) < 4.78 is 0. The van der Waals surface area contributed by atoms with Crippen LogP contribution in [0.2, 0.25) is 0 Å². The number of hydrogen-bond donors (Lipinski definition) is 0. The monoisotopic (exact) mass is 215 g/mol. The molecule has 84 valence electrons. The van der Waals surface area contributed by atoms with Gasteiger partial charge in [-0.3, -0.25) is 4.79 Å². The predicted octanol–water partition coefficient (Wildman–Crippen LogP) is 2.72. The molecule has 0 saturated carbocycles. The molecule has 0 bridgehead atoms. The number of nitrogens with zero attached hydrogens (tertiary/aromatic N) is 1. The number of amides is 1. The Labute approximate surface area is 96.6 Å². The van der Waals surface area contributed by atoms with Gasteiger partial charge in [-0.25, -0.2) is 0 Å². The summed E-state index contributed by atoms with van der Waals surface area (Å²) in [5, 5.41) is 0. The lowest BCUT2D eigenvalue weighted by Crippen LogP contribution is -2.34. The average Bonchev–Trinajstić information content (AvgIpc) is 2.54. The van der Waals surface area contributed by atoms with Gasteiger partial charge in [0.25, 0.3) is 5.91 Å². The third-order valence-corrected chi connectivity index (χ3v) is 2.85. The normalized spacial score (nSPS) is 20.6. The lowest BCUT2D eigenvalue weighted by molar-refractivity contribution is 0.0749. The van der Waals surface area contributed by atoms with Gasteiger partial charge < -0.3 is 4.90 Å². The molecule has 1 atom stereocenters. The highest BCUT2D eigenvalue weighted by Gasteiger charge is 2.17. The van der Waals surface area contributed by atoms with Crippen LogP contribution in [-0.4, -0.2) is 23.9 Å². The SMILES string of the molecule is CC1C=CCCN(C(=O)c2ccccc2)C1. The maximum atomic E-state index is 12.2. The molecule has 0 N–H and O–H groups in total. The summed E-state index contributed by atoms with van der Waals surface area (Å²) in [7, 11) is 0. The minimum absolute atomic E-state index is 0.149. The molecule has 1 heterocycles. The van der Waals surface area contributed by atoms with Crippen LogP contribution < -0.4 is 0 Å². The van der Waals surface area contributed by atoms with E-state index in [4.69, 9.17) is 0 Å². The van der Waals surface area contributed by atoms with E-state index >= 15 is 0 Å². The van der Waals surface area contributed by atoms with Crippen LogP contribution in [0, 0.1) is 5.92 Å². The zero-order chi connectivity index (χ0) is 11.4. The summed E-state index contributed by atoms with van der Waals surface area (Å²) in [6.45, 7) is 3.80. The van der Waals surface area contributed by atoms with Gasteiger partial charge in [-0.05, 0) is 24.5 Å². The van der Waals surface area contributed by atoms with Crippen molar-refractivity contribution in [1.29, 1.82) is 0 Å². The minimum Gasteiger partial charge on any atom is -0.338 e. The van der Waals surface area contributed by atoms with E-state index < -0.39 is 0 Å². The Morgan fingerprint density at radius 1 is 1.31 bits per heavy atom. The molecule has 0 saturated heterocycles. The maximum absolute atomic E-state index is 12.2. The van der Waals surface area contributed by atoms with Crippen LogP contribution in [0.5, 0.6) is 0 Å². The Bertz CT molecular complexity index is 383. The molecule has 1 unspecified atom stereocenters. The van der Waals surface area contributed by atoms with Crippen molar-refractivity contribution in [2.24, 2.45) is 5.92 Å². The van der Waals surface area contributed by atoms with Crippen molar-refractivity contribution < 1.29 is 4.79 Å². The van der Waals surface area contributed by atoms with Gasteiger partial charge in [-0.2, -0.15) is 0 Å². The molecule has 1 aromatic carbocycles. The van der Waals surface area contributed by atoms with Crippen molar-refractivity contribution >= 4 is 5.91 Å². The fourth-order valence-electron chi connectivity index (χ4n) is 2.01. The van der Waals surface area contributed by atoms with Crippen LogP contribution in [0.1, 0.15) is 23.7 Å². The van der Waals surface area contributed by atoms with Gasteiger partial charge in [0.1, 0.15) is 0 Å². The molecule has 1 aromatic rings. The van der Waals surface area contributed by atoms with Gasteiger partial charge in [0.15, 0.2) is 0 Å². The van der Waals surface area contributed by atoms with E-state index in [0.29, 0.717) is 5.92 Å². The second kappa shape index (κ2) is 4.97. The standard InChI is InChI=1S/C14H17NO/c1-12-7-5-6-10-15(11-12)14(16)13-8-3-2-4-9-13/h2-5,7-9,12H,6,10-11H2,1H3. The maximum Gasteiger partial charge on any atom is 0.253 e. The van der Waals surface area contributed by atoms with E-state index in [9.17, 15) is 4.79 Å². The molecule has 0 fully saturated rings. The first kappa shape index (κ1) is 10.9. The van der Waals surface area contributed by atoms with Crippen molar-refractivity contribution in [3.05, 3.63) is 48.0 Å². The summed E-state index contributed by atoms with van der Waals surface area (Å²) in [5.74, 6) is 0.603. The van der Waals surface area contributed by atoms with E-state index in [1.165, 1.54) is 0 Å². The number of rotatable bonds is 1. The van der Waals surface area contributed by atoms with E-state index in [2.05, 4.69) is 19.1 Å². The fraction of sp³-hybridized carbons (Fsp3) is 0.357. The molecule has 2 heteroatoms. The molecule has 1 aliphatic rings. The van der Waals surface area contributed by atoms with Gasteiger partial charge in [0, 0.05) is 18.7 Å². The average molecular weight is 215 g/mol. The summed E-state index contributed by atoms with van der Waals surface area (Å²) in [4.78, 5) is 14.1. The Morgan fingerprint density at radius 2 is 2.06 bits per heavy atom. The highest BCUT2D eigenvalue weighted by atomic mass is 16.2. The van der Waals surface area contributed by atoms with Crippen molar-refractivity contribution in [2.75, 3.05) is 13.1 Å². The number of hydrogen-bond acceptors (Lipinski definition) is 1. The first-order chi connectivity index (χ1) is 7.77. The second-order valence-corrected chi connectivity index (χ2v) is 4.31. The number of carbonyl (C=O) groups excluding carboxylic acids is 1. The zero-order valence-electron chi connectivity index (χ0n) is 9.60. The van der Waals surface area contributed by atoms with Gasteiger partial charge in [-0.1, -0.05) is 37.3 Å². The molecular formula is C14H17NO. The van der Waals surface area contributed by atoms with E-state index in [-0.39, 0.29) is 5.91 Å². The molecule has 2 nitrogen and oxygen atoms in total. The first-order valence-electron chi connectivity index (χ1n) is 5.78. The Morgan fingerprint density at radius 3 is 2.81 bits per heavy atom. The van der Waals surface area contributed by atoms with Crippen LogP contribution in [0.15, 0.2) is 42.5 Å². The van der Waals surface area contributed by atoms with Crippen molar-refractivity contribution in [3.63, 3.8) is 0 Å². The van der Waals surface area contributed by atoms with Crippen LogP contribution in [0.25, 0.3) is 0 Å². The smallest absolute Gasteiger partial charge is 0.253 e. The quantitative estimate of drug-likeness (QED) is 0.660. The van der Waals surface area contributed by atoms with Crippen LogP contribution in [-0.2, 0) is 0 Å². The highest BCUT2D eigenvalue weighted by molar-refractivity contribution is 5.94. The predicted molar refractivity (Wildman–Crippen MR) is 65.3 cm³/mol. The summed E-state index contributed by atoms with van der Waals surface area (Å²) in [5.41, 5.74) is 0.789. The molecule has 0 aliphatic carbocycles. The summed E-state index contributed by atoms with van der Waals surface area (Å²) in [6.07, 6.45) is 5.32. The number of carbonyl (C=O) groups is 1. The van der Waals surface area contributed by atoms with Crippen molar-refractivity contribution in [1.82, 2.24) is 4.90 Å². The second-order valence-electron chi connectivity index (χ2n) is 4.31. The fourth-order valence-corrected chi connectivity index (χ4v) is 2.01. The third-order valence-electron chi connectivity index (χ3n) is 2.85. The third kappa shape index (κ3) is 2.51. The van der Waals surface area contributed by atoms with Crippen LogP contribution in [0.3, 0.4) is 0 Å². The molecule has 1 amide bonds. The molecule has 16 heavy (non-hydrogen) atoms. The van der Waals surface area contributed by atoms with Crippen molar-refractivity contribution in [3.8, 4) is 0 Å². The lowest BCUT2D eigenvalue weighted by atomic mass is 10.1. The molecule has 0 aromatic heterocycles. The topological polar surface area (TPSA) is 20.3 Å². The van der Waals surface area contributed by atoms with E-state index in [1.54, 1.807) is 0 Å². The van der Waals surface area contributed by atoms with Crippen molar-refractivity contribution in [2.45, 2.75) is 13.3 Å². The largest absolute Gasteiger partial charge is 0.338 e.